The van der Waals surface area contributed by atoms with Crippen molar-refractivity contribution < 1.29 is 18.3 Å². The van der Waals surface area contributed by atoms with Crippen LogP contribution >= 0.6 is 7.60 Å². The van der Waals surface area contributed by atoms with Gasteiger partial charge in [-0.3, -0.25) is 4.57 Å². The summed E-state index contributed by atoms with van der Waals surface area (Å²) in [6.45, 7) is 3.74. The number of methoxy groups -OCH3 is 1. The highest BCUT2D eigenvalue weighted by molar-refractivity contribution is 7.65. The first-order valence-corrected chi connectivity index (χ1v) is 6.17. The maximum atomic E-state index is 12.0. The van der Waals surface area contributed by atoms with Gasteiger partial charge in [0.05, 0.1) is 12.4 Å². The summed E-state index contributed by atoms with van der Waals surface area (Å²) in [5.41, 5.74) is 0.702. The summed E-state index contributed by atoms with van der Waals surface area (Å²) >= 11 is 0. The lowest BCUT2D eigenvalue weighted by molar-refractivity contribution is 0.288. The molecule has 0 aliphatic rings. The van der Waals surface area contributed by atoms with E-state index in [4.69, 9.17) is 13.8 Å². The number of rotatable bonds is 5. The first-order valence-electron chi connectivity index (χ1n) is 4.63. The summed E-state index contributed by atoms with van der Waals surface area (Å²) in [6.07, 6.45) is 0. The van der Waals surface area contributed by atoms with Gasteiger partial charge < -0.3 is 13.8 Å². The summed E-state index contributed by atoms with van der Waals surface area (Å²) < 4.78 is 26.8. The van der Waals surface area contributed by atoms with E-state index < -0.39 is 7.60 Å². The lowest BCUT2D eigenvalue weighted by atomic mass is 10.2. The maximum Gasteiger partial charge on any atom is 0.360 e. The van der Waals surface area contributed by atoms with Crippen LogP contribution in [0.5, 0.6) is 5.75 Å². The quantitative estimate of drug-likeness (QED) is 0.744. The molecule has 16 heavy (non-hydrogen) atoms. The Hall–Kier alpha value is -1.09. The molecule has 1 rings (SSSR count). The van der Waals surface area contributed by atoms with Crippen molar-refractivity contribution in [1.29, 1.82) is 0 Å². The molecule has 0 saturated carbocycles. The van der Waals surface area contributed by atoms with Gasteiger partial charge in [-0.05, 0) is 17.7 Å². The largest absolute Gasteiger partial charge is 0.497 e. The molecule has 1 aromatic carbocycles. The Bertz CT molecular complexity index is 402. The van der Waals surface area contributed by atoms with Crippen LogP contribution in [0, 0.1) is 0 Å². The zero-order valence-corrected chi connectivity index (χ0v) is 10.5. The maximum absolute atomic E-state index is 12.0. The van der Waals surface area contributed by atoms with Crippen molar-refractivity contribution in [3.05, 3.63) is 36.4 Å². The van der Waals surface area contributed by atoms with Crippen LogP contribution in [-0.4, -0.2) is 21.3 Å². The Morgan fingerprint density at radius 1 is 1.12 bits per heavy atom. The van der Waals surface area contributed by atoms with Gasteiger partial charge >= 0.3 is 7.60 Å². The highest BCUT2D eigenvalue weighted by atomic mass is 31.2. The second-order valence-electron chi connectivity index (χ2n) is 3.04. The fourth-order valence-corrected chi connectivity index (χ4v) is 2.29. The van der Waals surface area contributed by atoms with Gasteiger partial charge in [-0.1, -0.05) is 18.7 Å². The van der Waals surface area contributed by atoms with Crippen molar-refractivity contribution in [2.75, 3.05) is 21.3 Å². The Kier molecular flexibility index (Phi) is 4.30. The Labute approximate surface area is 95.4 Å². The average molecular weight is 242 g/mol. The van der Waals surface area contributed by atoms with Gasteiger partial charge in [-0.15, -0.1) is 0 Å². The van der Waals surface area contributed by atoms with Gasteiger partial charge in [0.15, 0.2) is 0 Å². The van der Waals surface area contributed by atoms with Crippen LogP contribution in [-0.2, 0) is 13.6 Å². The Morgan fingerprint density at radius 3 is 2.00 bits per heavy atom. The number of benzene rings is 1. The lowest BCUT2D eigenvalue weighted by Gasteiger charge is -2.16. The molecule has 1 aromatic rings. The van der Waals surface area contributed by atoms with Crippen molar-refractivity contribution in [3.8, 4) is 5.75 Å². The van der Waals surface area contributed by atoms with Crippen molar-refractivity contribution in [3.63, 3.8) is 0 Å². The lowest BCUT2D eigenvalue weighted by Crippen LogP contribution is -1.92. The molecule has 0 aliphatic heterocycles. The van der Waals surface area contributed by atoms with E-state index in [0.29, 0.717) is 10.9 Å². The first kappa shape index (κ1) is 13.0. The molecule has 0 radical (unpaired) electrons. The van der Waals surface area contributed by atoms with Gasteiger partial charge in [0.1, 0.15) is 5.75 Å². The number of hydrogen-bond acceptors (Lipinski definition) is 4. The zero-order valence-electron chi connectivity index (χ0n) is 9.60. The van der Waals surface area contributed by atoms with Gasteiger partial charge in [0.2, 0.25) is 0 Å². The van der Waals surface area contributed by atoms with E-state index in [1.807, 2.05) is 0 Å². The Morgan fingerprint density at radius 2 is 1.62 bits per heavy atom. The highest BCUT2D eigenvalue weighted by Crippen LogP contribution is 2.58. The third-order valence-corrected chi connectivity index (χ3v) is 4.12. The fraction of sp³-hybridized carbons (Fsp3) is 0.273. The van der Waals surface area contributed by atoms with Crippen LogP contribution in [0.1, 0.15) is 5.56 Å². The molecule has 88 valence electrons. The fourth-order valence-electron chi connectivity index (χ4n) is 1.24. The summed E-state index contributed by atoms with van der Waals surface area (Å²) in [4.78, 5) is 0. The number of ether oxygens (including phenoxy) is 1. The molecule has 0 N–H and O–H groups in total. The van der Waals surface area contributed by atoms with Gasteiger partial charge in [-0.2, -0.15) is 0 Å². The zero-order chi connectivity index (χ0) is 12.2. The summed E-state index contributed by atoms with van der Waals surface area (Å²) in [5, 5.41) is 0.333. The van der Waals surface area contributed by atoms with E-state index in [1.54, 1.807) is 31.4 Å². The molecular weight excluding hydrogens is 227 g/mol. The van der Waals surface area contributed by atoms with E-state index in [1.165, 1.54) is 14.2 Å². The van der Waals surface area contributed by atoms with Gasteiger partial charge in [-0.25, -0.2) is 0 Å². The second kappa shape index (κ2) is 5.30. The minimum absolute atomic E-state index is 0.333. The summed E-state index contributed by atoms with van der Waals surface area (Å²) in [5.74, 6) is 0.723. The third kappa shape index (κ3) is 2.53. The smallest absolute Gasteiger partial charge is 0.360 e. The molecule has 0 unspecified atom stereocenters. The SMILES string of the molecule is C=C(c1ccc(OC)cc1)P(=O)(OC)OC. The van der Waals surface area contributed by atoms with Gasteiger partial charge in [0, 0.05) is 14.2 Å². The van der Waals surface area contributed by atoms with Crippen LogP contribution < -0.4 is 4.74 Å². The number of hydrogen-bond donors (Lipinski definition) is 0. The molecule has 0 atom stereocenters. The predicted octanol–water partition coefficient (Wildman–Crippen LogP) is 3.15. The van der Waals surface area contributed by atoms with Crippen molar-refractivity contribution >= 4 is 12.9 Å². The average Bonchev–Trinajstić information content (AvgIpc) is 2.37. The predicted molar refractivity (Wildman–Crippen MR) is 63.7 cm³/mol. The molecule has 0 spiro atoms. The first-order chi connectivity index (χ1) is 7.57. The van der Waals surface area contributed by atoms with E-state index in [2.05, 4.69) is 6.58 Å². The Balaban J connectivity index is 3.00. The molecule has 0 fully saturated rings. The molecule has 4 nitrogen and oxygen atoms in total. The molecule has 0 amide bonds. The van der Waals surface area contributed by atoms with E-state index in [-0.39, 0.29) is 0 Å². The van der Waals surface area contributed by atoms with Crippen LogP contribution in [0.15, 0.2) is 30.8 Å². The molecule has 0 bridgehead atoms. The normalized spacial score (nSPS) is 11.2. The highest BCUT2D eigenvalue weighted by Gasteiger charge is 2.26. The molecular formula is C11H15O4P. The van der Waals surface area contributed by atoms with E-state index in [9.17, 15) is 4.57 Å². The molecule has 0 aliphatic carbocycles. The van der Waals surface area contributed by atoms with Crippen LogP contribution in [0.4, 0.5) is 0 Å². The van der Waals surface area contributed by atoms with Crippen LogP contribution in [0.3, 0.4) is 0 Å². The van der Waals surface area contributed by atoms with Crippen molar-refractivity contribution in [1.82, 2.24) is 0 Å². The second-order valence-corrected chi connectivity index (χ2v) is 5.30. The van der Waals surface area contributed by atoms with E-state index in [0.717, 1.165) is 5.75 Å². The topological polar surface area (TPSA) is 44.8 Å². The van der Waals surface area contributed by atoms with Crippen LogP contribution in [0.25, 0.3) is 5.31 Å². The van der Waals surface area contributed by atoms with Crippen molar-refractivity contribution in [2.24, 2.45) is 0 Å². The standard InChI is InChI=1S/C11H15O4P/c1-9(16(12,14-3)15-4)10-5-7-11(13-2)8-6-10/h5-8H,1H2,2-4H3. The molecule has 0 aromatic heterocycles. The minimum Gasteiger partial charge on any atom is -0.497 e. The van der Waals surface area contributed by atoms with Crippen LogP contribution in [0.2, 0.25) is 0 Å². The monoisotopic (exact) mass is 242 g/mol. The molecule has 0 heterocycles. The summed E-state index contributed by atoms with van der Waals surface area (Å²) in [7, 11) is 0.994. The van der Waals surface area contributed by atoms with Crippen molar-refractivity contribution in [2.45, 2.75) is 0 Å². The minimum atomic E-state index is -3.25. The summed E-state index contributed by atoms with van der Waals surface area (Å²) in [6, 6.07) is 7.03. The van der Waals surface area contributed by atoms with Gasteiger partial charge in [0.25, 0.3) is 0 Å². The van der Waals surface area contributed by atoms with E-state index >= 15 is 0 Å². The molecule has 5 heteroatoms. The molecule has 0 saturated heterocycles. The third-order valence-electron chi connectivity index (χ3n) is 2.23.